The summed E-state index contributed by atoms with van der Waals surface area (Å²) in [6, 6.07) is 13.7. The molecular weight excluding hydrogens is 282 g/mol. The molecule has 0 aliphatic rings. The van der Waals surface area contributed by atoms with Gasteiger partial charge in [0.15, 0.2) is 0 Å². The lowest BCUT2D eigenvalue weighted by Crippen LogP contribution is -2.15. The summed E-state index contributed by atoms with van der Waals surface area (Å²) in [6.45, 7) is 7.11. The lowest BCUT2D eigenvalue weighted by molar-refractivity contribution is 0.306. The summed E-state index contributed by atoms with van der Waals surface area (Å²) in [4.78, 5) is 0. The molecule has 112 valence electrons. The first kappa shape index (κ1) is 15.7. The highest BCUT2D eigenvalue weighted by molar-refractivity contribution is 6.30. The zero-order valence-corrected chi connectivity index (χ0v) is 13.6. The molecule has 0 aromatic heterocycles. The predicted molar refractivity (Wildman–Crippen MR) is 90.0 cm³/mol. The van der Waals surface area contributed by atoms with Crippen LogP contribution in [0.5, 0.6) is 5.75 Å². The minimum atomic E-state index is 0.190. The topological polar surface area (TPSA) is 35.2 Å². The van der Waals surface area contributed by atoms with E-state index in [1.807, 2.05) is 18.2 Å². The van der Waals surface area contributed by atoms with Crippen LogP contribution in [0.1, 0.15) is 38.3 Å². The van der Waals surface area contributed by atoms with Crippen LogP contribution in [0.25, 0.3) is 0 Å². The molecule has 0 fully saturated rings. The van der Waals surface area contributed by atoms with Crippen molar-refractivity contribution in [1.82, 2.24) is 0 Å². The van der Waals surface area contributed by atoms with Crippen LogP contribution in [-0.2, 0) is 12.0 Å². The average Bonchev–Trinajstić information content (AvgIpc) is 2.48. The number of rotatable bonds is 5. The van der Waals surface area contributed by atoms with Gasteiger partial charge in [-0.2, -0.15) is 0 Å². The van der Waals surface area contributed by atoms with Crippen molar-refractivity contribution >= 4 is 17.3 Å². The number of nitrogens with two attached hydrogens (primary N) is 1. The molecule has 0 unspecified atom stereocenters. The Balaban J connectivity index is 2.06. The molecular formula is C18H22ClNO. The van der Waals surface area contributed by atoms with Crippen LogP contribution in [0.3, 0.4) is 0 Å². The lowest BCUT2D eigenvalue weighted by atomic mass is 9.82. The molecule has 2 N–H and O–H groups in total. The fraction of sp³-hybridized carbons (Fsp3) is 0.333. The molecule has 3 heteroatoms. The second kappa shape index (κ2) is 6.40. The summed E-state index contributed by atoms with van der Waals surface area (Å²) in [5, 5.41) is 0.669. The maximum atomic E-state index is 5.97. The van der Waals surface area contributed by atoms with Crippen molar-refractivity contribution in [2.45, 2.75) is 39.2 Å². The Kier molecular flexibility index (Phi) is 4.79. The van der Waals surface area contributed by atoms with Gasteiger partial charge in [-0.05, 0) is 47.7 Å². The number of nitrogen functional groups attached to an aromatic ring is 1. The van der Waals surface area contributed by atoms with E-state index >= 15 is 0 Å². The molecule has 0 saturated carbocycles. The summed E-state index contributed by atoms with van der Waals surface area (Å²) >= 11 is 5.97. The summed E-state index contributed by atoms with van der Waals surface area (Å²) in [5.74, 6) is 0.838. The van der Waals surface area contributed by atoms with Gasteiger partial charge >= 0.3 is 0 Å². The van der Waals surface area contributed by atoms with Crippen molar-refractivity contribution in [2.24, 2.45) is 0 Å². The van der Waals surface area contributed by atoms with Gasteiger partial charge in [0.25, 0.3) is 0 Å². The Morgan fingerprint density at radius 3 is 2.38 bits per heavy atom. The summed E-state index contributed by atoms with van der Waals surface area (Å²) in [6.07, 6.45) is 1.10. The van der Waals surface area contributed by atoms with Crippen LogP contribution in [0.4, 0.5) is 5.69 Å². The molecule has 0 bridgehead atoms. The molecule has 2 nitrogen and oxygen atoms in total. The first-order valence-electron chi connectivity index (χ1n) is 7.19. The van der Waals surface area contributed by atoms with Gasteiger partial charge in [-0.25, -0.2) is 0 Å². The van der Waals surface area contributed by atoms with Crippen molar-refractivity contribution in [3.05, 3.63) is 58.6 Å². The lowest BCUT2D eigenvalue weighted by Gasteiger charge is -2.23. The Hall–Kier alpha value is -1.67. The molecule has 0 aliphatic carbocycles. The van der Waals surface area contributed by atoms with E-state index < -0.39 is 0 Å². The molecule has 0 heterocycles. The summed E-state index contributed by atoms with van der Waals surface area (Å²) < 4.78 is 5.79. The summed E-state index contributed by atoms with van der Waals surface area (Å²) in [5.41, 5.74) is 9.02. The van der Waals surface area contributed by atoms with Crippen LogP contribution >= 0.6 is 11.6 Å². The van der Waals surface area contributed by atoms with Gasteiger partial charge in [-0.3, -0.25) is 0 Å². The van der Waals surface area contributed by atoms with E-state index in [1.165, 1.54) is 5.56 Å². The third kappa shape index (κ3) is 3.92. The Morgan fingerprint density at radius 1 is 1.10 bits per heavy atom. The fourth-order valence-electron chi connectivity index (χ4n) is 2.07. The van der Waals surface area contributed by atoms with E-state index in [0.29, 0.717) is 17.3 Å². The van der Waals surface area contributed by atoms with Gasteiger partial charge in [0.2, 0.25) is 0 Å². The van der Waals surface area contributed by atoms with Crippen LogP contribution in [0.15, 0.2) is 42.5 Å². The Bertz CT molecular complexity index is 605. The number of hydrogen-bond acceptors (Lipinski definition) is 2. The highest BCUT2D eigenvalue weighted by Crippen LogP contribution is 2.28. The molecule has 21 heavy (non-hydrogen) atoms. The minimum absolute atomic E-state index is 0.190. The Labute approximate surface area is 131 Å². The fourth-order valence-corrected chi connectivity index (χ4v) is 2.26. The zero-order valence-electron chi connectivity index (χ0n) is 12.8. The number of halogens is 1. The van der Waals surface area contributed by atoms with Crippen LogP contribution in [-0.4, -0.2) is 0 Å². The van der Waals surface area contributed by atoms with E-state index in [-0.39, 0.29) is 5.41 Å². The molecule has 0 atom stereocenters. The minimum Gasteiger partial charge on any atom is -0.489 e. The molecule has 0 aliphatic heterocycles. The van der Waals surface area contributed by atoms with Gasteiger partial charge < -0.3 is 10.5 Å². The molecule has 2 aromatic rings. The molecule has 0 radical (unpaired) electrons. The first-order valence-corrected chi connectivity index (χ1v) is 7.57. The van der Waals surface area contributed by atoms with Gasteiger partial charge in [0, 0.05) is 16.3 Å². The van der Waals surface area contributed by atoms with E-state index in [2.05, 4.69) is 32.9 Å². The van der Waals surface area contributed by atoms with Crippen LogP contribution < -0.4 is 10.5 Å². The normalized spacial score (nSPS) is 11.4. The van der Waals surface area contributed by atoms with E-state index in [4.69, 9.17) is 22.1 Å². The SMILES string of the molecule is CCC(C)(C)c1ccc(OCc2cc(Cl)ccc2N)cc1. The summed E-state index contributed by atoms with van der Waals surface area (Å²) in [7, 11) is 0. The van der Waals surface area contributed by atoms with Gasteiger partial charge in [-0.15, -0.1) is 0 Å². The standard InChI is InChI=1S/C18H22ClNO/c1-4-18(2,3)14-5-8-16(9-6-14)21-12-13-11-15(19)7-10-17(13)20/h5-11H,4,12,20H2,1-3H3. The number of hydrogen-bond donors (Lipinski definition) is 1. The quantitative estimate of drug-likeness (QED) is 0.772. The van der Waals surface area contributed by atoms with Gasteiger partial charge in [-0.1, -0.05) is 44.5 Å². The molecule has 0 spiro atoms. The number of anilines is 1. The smallest absolute Gasteiger partial charge is 0.119 e. The van der Waals surface area contributed by atoms with Crippen LogP contribution in [0, 0.1) is 0 Å². The molecule has 2 aromatic carbocycles. The molecule has 2 rings (SSSR count). The highest BCUT2D eigenvalue weighted by atomic mass is 35.5. The Morgan fingerprint density at radius 2 is 1.76 bits per heavy atom. The maximum Gasteiger partial charge on any atom is 0.119 e. The van der Waals surface area contributed by atoms with Crippen molar-refractivity contribution in [2.75, 3.05) is 5.73 Å². The zero-order chi connectivity index (χ0) is 15.5. The van der Waals surface area contributed by atoms with Crippen molar-refractivity contribution < 1.29 is 4.74 Å². The highest BCUT2D eigenvalue weighted by Gasteiger charge is 2.17. The largest absolute Gasteiger partial charge is 0.489 e. The second-order valence-electron chi connectivity index (χ2n) is 5.89. The molecule has 0 amide bonds. The van der Waals surface area contributed by atoms with Gasteiger partial charge in [0.1, 0.15) is 12.4 Å². The molecule has 0 saturated heterocycles. The average molecular weight is 304 g/mol. The van der Waals surface area contributed by atoms with E-state index in [0.717, 1.165) is 17.7 Å². The number of ether oxygens (including phenoxy) is 1. The third-order valence-corrected chi connectivity index (χ3v) is 4.25. The van der Waals surface area contributed by atoms with Crippen molar-refractivity contribution in [1.29, 1.82) is 0 Å². The van der Waals surface area contributed by atoms with E-state index in [9.17, 15) is 0 Å². The van der Waals surface area contributed by atoms with Crippen molar-refractivity contribution in [3.63, 3.8) is 0 Å². The monoisotopic (exact) mass is 303 g/mol. The third-order valence-electron chi connectivity index (χ3n) is 4.02. The maximum absolute atomic E-state index is 5.97. The van der Waals surface area contributed by atoms with E-state index in [1.54, 1.807) is 12.1 Å². The second-order valence-corrected chi connectivity index (χ2v) is 6.33. The van der Waals surface area contributed by atoms with Crippen molar-refractivity contribution in [3.8, 4) is 5.75 Å². The first-order chi connectivity index (χ1) is 9.92. The van der Waals surface area contributed by atoms with Gasteiger partial charge in [0.05, 0.1) is 0 Å². The number of benzene rings is 2. The predicted octanol–water partition coefficient (Wildman–Crippen LogP) is 5.19. The van der Waals surface area contributed by atoms with Crippen LogP contribution in [0.2, 0.25) is 5.02 Å².